The van der Waals surface area contributed by atoms with Gasteiger partial charge in [-0.25, -0.2) is 0 Å². The van der Waals surface area contributed by atoms with Crippen LogP contribution in [0.2, 0.25) is 0 Å². The van der Waals surface area contributed by atoms with Crippen LogP contribution in [0.25, 0.3) is 0 Å². The van der Waals surface area contributed by atoms with Crippen molar-refractivity contribution >= 4 is 0 Å². The summed E-state index contributed by atoms with van der Waals surface area (Å²) >= 11 is 0. The molecule has 5 N–H and O–H groups in total. The minimum Gasteiger partial charge on any atom is -0.508 e. The number of rotatable bonds is 8. The van der Waals surface area contributed by atoms with Gasteiger partial charge in [0, 0.05) is 6.54 Å². The molecule has 0 saturated heterocycles. The lowest BCUT2D eigenvalue weighted by Gasteiger charge is -2.34. The molecule has 2 atom stereocenters. The molecule has 0 spiro atoms. The summed E-state index contributed by atoms with van der Waals surface area (Å²) in [6.07, 6.45) is -1.32. The van der Waals surface area contributed by atoms with Crippen molar-refractivity contribution in [3.8, 4) is 17.2 Å². The summed E-state index contributed by atoms with van der Waals surface area (Å²) in [6.45, 7) is 1.22. The normalized spacial score (nSPS) is 14.2. The van der Waals surface area contributed by atoms with E-state index in [1.165, 1.54) is 24.3 Å². The summed E-state index contributed by atoms with van der Waals surface area (Å²) in [4.78, 5) is 0. The predicted molar refractivity (Wildman–Crippen MR) is 110 cm³/mol. The van der Waals surface area contributed by atoms with Gasteiger partial charge < -0.3 is 30.5 Å². The zero-order valence-corrected chi connectivity index (χ0v) is 16.1. The van der Waals surface area contributed by atoms with Crippen molar-refractivity contribution in [2.75, 3.05) is 20.2 Å². The minimum atomic E-state index is -1.78. The number of aliphatic hydroxyl groups is 2. The van der Waals surface area contributed by atoms with Crippen LogP contribution >= 0.6 is 0 Å². The highest BCUT2D eigenvalue weighted by atomic mass is 16.5. The van der Waals surface area contributed by atoms with Gasteiger partial charge in [-0.05, 0) is 60.1 Å². The van der Waals surface area contributed by atoms with Gasteiger partial charge in [0.25, 0.3) is 0 Å². The Kier molecular flexibility index (Phi) is 6.39. The van der Waals surface area contributed by atoms with Crippen molar-refractivity contribution in [1.82, 2.24) is 5.32 Å². The largest absolute Gasteiger partial charge is 0.508 e. The van der Waals surface area contributed by atoms with Crippen LogP contribution in [0.4, 0.5) is 0 Å². The van der Waals surface area contributed by atoms with E-state index in [9.17, 15) is 20.4 Å². The lowest BCUT2D eigenvalue weighted by molar-refractivity contribution is -0.0518. The summed E-state index contributed by atoms with van der Waals surface area (Å²) in [5.74, 6) is 0.775. The molecule has 0 bridgehead atoms. The molecule has 3 rings (SSSR count). The molecular formula is C23H25NO5. The molecule has 3 aromatic carbocycles. The second-order valence-electron chi connectivity index (χ2n) is 6.78. The van der Waals surface area contributed by atoms with Gasteiger partial charge in [0.15, 0.2) is 0 Å². The Morgan fingerprint density at radius 1 is 0.828 bits per heavy atom. The third-order valence-electron chi connectivity index (χ3n) is 4.83. The van der Waals surface area contributed by atoms with E-state index in [-0.39, 0.29) is 11.5 Å². The van der Waals surface area contributed by atoms with Crippen molar-refractivity contribution in [1.29, 1.82) is 0 Å². The first-order valence-corrected chi connectivity index (χ1v) is 9.32. The zero-order chi connectivity index (χ0) is 20.9. The van der Waals surface area contributed by atoms with Crippen LogP contribution in [0.15, 0.2) is 72.8 Å². The van der Waals surface area contributed by atoms with Gasteiger partial charge in [0.2, 0.25) is 0 Å². The topological polar surface area (TPSA) is 102 Å². The van der Waals surface area contributed by atoms with Gasteiger partial charge in [0.05, 0.1) is 0 Å². The summed E-state index contributed by atoms with van der Waals surface area (Å²) in [5, 5.41) is 45.0. The molecule has 0 fully saturated rings. The maximum Gasteiger partial charge on any atom is 0.145 e. The Morgan fingerprint density at radius 3 is 1.83 bits per heavy atom. The number of nitrogens with one attached hydrogen (secondary N) is 1. The van der Waals surface area contributed by atoms with Crippen LogP contribution < -0.4 is 10.1 Å². The summed E-state index contributed by atoms with van der Waals surface area (Å²) < 4.78 is 5.63. The van der Waals surface area contributed by atoms with E-state index in [2.05, 4.69) is 5.32 Å². The van der Waals surface area contributed by atoms with E-state index in [1.54, 1.807) is 48.5 Å². The second-order valence-corrected chi connectivity index (χ2v) is 6.78. The van der Waals surface area contributed by atoms with Crippen molar-refractivity contribution in [3.63, 3.8) is 0 Å². The van der Waals surface area contributed by atoms with Gasteiger partial charge in [-0.3, -0.25) is 0 Å². The number of hydrogen-bond acceptors (Lipinski definition) is 6. The molecular weight excluding hydrogens is 370 g/mol. The van der Waals surface area contributed by atoms with Gasteiger partial charge in [0.1, 0.15) is 35.6 Å². The van der Waals surface area contributed by atoms with Crippen LogP contribution in [0.1, 0.15) is 22.8 Å². The fourth-order valence-electron chi connectivity index (χ4n) is 3.17. The highest BCUT2D eigenvalue weighted by molar-refractivity contribution is 5.44. The Hall–Kier alpha value is -3.06. The SMILES string of the molecule is CNCCOc1ccc(C(O)(c2ccc(O)cc2)C(O)c2ccc(O)cc2)cc1. The maximum atomic E-state index is 11.7. The van der Waals surface area contributed by atoms with E-state index in [0.29, 0.717) is 35.6 Å². The van der Waals surface area contributed by atoms with Gasteiger partial charge in [-0.2, -0.15) is 0 Å². The van der Waals surface area contributed by atoms with Crippen LogP contribution in [0, 0.1) is 0 Å². The fraction of sp³-hybridized carbons (Fsp3) is 0.217. The molecule has 6 nitrogen and oxygen atoms in total. The molecule has 0 heterocycles. The van der Waals surface area contributed by atoms with Crippen molar-refractivity contribution < 1.29 is 25.2 Å². The average molecular weight is 395 g/mol. The molecule has 0 saturated carbocycles. The van der Waals surface area contributed by atoms with Gasteiger partial charge >= 0.3 is 0 Å². The number of phenols is 2. The first-order valence-electron chi connectivity index (χ1n) is 9.32. The minimum absolute atomic E-state index is 0.0588. The van der Waals surface area contributed by atoms with Crippen LogP contribution in [-0.2, 0) is 5.60 Å². The molecule has 0 aromatic heterocycles. The third-order valence-corrected chi connectivity index (χ3v) is 4.83. The van der Waals surface area contributed by atoms with E-state index in [0.717, 1.165) is 0 Å². The first kappa shape index (κ1) is 20.7. The van der Waals surface area contributed by atoms with Gasteiger partial charge in [-0.15, -0.1) is 0 Å². The number of ether oxygens (including phenoxy) is 1. The number of benzene rings is 3. The Labute approximate surface area is 169 Å². The highest BCUT2D eigenvalue weighted by Crippen LogP contribution is 2.42. The van der Waals surface area contributed by atoms with Crippen molar-refractivity contribution in [3.05, 3.63) is 89.5 Å². The Bertz CT molecular complexity index is 910. The quantitative estimate of drug-likeness (QED) is 0.376. The van der Waals surface area contributed by atoms with Crippen LogP contribution in [0.3, 0.4) is 0 Å². The van der Waals surface area contributed by atoms with Crippen molar-refractivity contribution in [2.24, 2.45) is 0 Å². The smallest absolute Gasteiger partial charge is 0.145 e. The highest BCUT2D eigenvalue weighted by Gasteiger charge is 2.40. The summed E-state index contributed by atoms with van der Waals surface area (Å²) in [7, 11) is 1.84. The second kappa shape index (κ2) is 8.96. The Balaban J connectivity index is 2.00. The number of hydrogen-bond donors (Lipinski definition) is 5. The molecule has 6 heteroatoms. The number of likely N-dealkylation sites (N-methyl/N-ethyl adjacent to an activating group) is 1. The molecule has 3 aromatic rings. The third kappa shape index (κ3) is 4.51. The lowest BCUT2D eigenvalue weighted by Crippen LogP contribution is -2.35. The van der Waals surface area contributed by atoms with E-state index < -0.39 is 11.7 Å². The molecule has 2 unspecified atom stereocenters. The van der Waals surface area contributed by atoms with Gasteiger partial charge in [-0.1, -0.05) is 36.4 Å². The molecule has 0 amide bonds. The lowest BCUT2D eigenvalue weighted by atomic mass is 9.79. The predicted octanol–water partition coefficient (Wildman–Crippen LogP) is 2.67. The summed E-state index contributed by atoms with van der Waals surface area (Å²) in [5.41, 5.74) is -0.467. The van der Waals surface area contributed by atoms with Crippen molar-refractivity contribution in [2.45, 2.75) is 11.7 Å². The molecule has 0 aliphatic rings. The molecule has 29 heavy (non-hydrogen) atoms. The van der Waals surface area contributed by atoms with E-state index in [1.807, 2.05) is 7.05 Å². The molecule has 0 radical (unpaired) electrons. The standard InChI is InChI=1S/C23H25NO5/c1-24-14-15-29-21-12-6-18(7-13-21)23(28,17-4-10-20(26)11-5-17)22(27)16-2-8-19(25)9-3-16/h2-13,22,24-28H,14-15H2,1H3. The Morgan fingerprint density at radius 2 is 1.31 bits per heavy atom. The number of phenolic OH excluding ortho intramolecular Hbond substituents is 2. The summed E-state index contributed by atoms with van der Waals surface area (Å²) in [6, 6.07) is 18.9. The maximum absolute atomic E-state index is 11.7. The average Bonchev–Trinajstić information content (AvgIpc) is 2.74. The van der Waals surface area contributed by atoms with Crippen LogP contribution in [-0.4, -0.2) is 40.6 Å². The fourth-order valence-corrected chi connectivity index (χ4v) is 3.17. The molecule has 0 aliphatic heterocycles. The zero-order valence-electron chi connectivity index (χ0n) is 16.1. The monoisotopic (exact) mass is 395 g/mol. The number of aliphatic hydroxyl groups excluding tert-OH is 1. The number of aromatic hydroxyl groups is 2. The molecule has 0 aliphatic carbocycles. The van der Waals surface area contributed by atoms with Crippen LogP contribution in [0.5, 0.6) is 17.2 Å². The molecule has 152 valence electrons. The van der Waals surface area contributed by atoms with E-state index >= 15 is 0 Å². The first-order chi connectivity index (χ1) is 13.9. The van der Waals surface area contributed by atoms with E-state index in [4.69, 9.17) is 4.74 Å².